The van der Waals surface area contributed by atoms with Gasteiger partial charge < -0.3 is 26.4 Å². The first kappa shape index (κ1) is 28.1. The van der Waals surface area contributed by atoms with E-state index in [0.29, 0.717) is 21.1 Å². The fourth-order valence-corrected chi connectivity index (χ4v) is 5.33. The molecule has 4 amide bonds. The largest absolute Gasteiger partial charge is 0.465 e. The quantitative estimate of drug-likeness (QED) is 0.171. The predicted molar refractivity (Wildman–Crippen MR) is 152 cm³/mol. The van der Waals surface area contributed by atoms with Crippen molar-refractivity contribution in [2.24, 2.45) is 5.73 Å². The summed E-state index contributed by atoms with van der Waals surface area (Å²) >= 11 is 2.62. The van der Waals surface area contributed by atoms with Crippen LogP contribution in [0.25, 0.3) is 20.9 Å². The van der Waals surface area contributed by atoms with E-state index in [1.165, 1.54) is 43.8 Å². The zero-order valence-electron chi connectivity index (χ0n) is 20.9. The summed E-state index contributed by atoms with van der Waals surface area (Å²) in [6, 6.07) is 21.8. The Morgan fingerprint density at radius 2 is 1.24 bits per heavy atom. The molecule has 0 atom stereocenters. The molecule has 4 aromatic rings. The highest BCUT2D eigenvalue weighted by molar-refractivity contribution is 7.18. The number of Topliss-reactive ketones (excluding diaryl/α,β-unsaturated/α-hetero) is 1. The van der Waals surface area contributed by atoms with Crippen LogP contribution in [0.5, 0.6) is 0 Å². The van der Waals surface area contributed by atoms with E-state index >= 15 is 0 Å². The first-order valence-corrected chi connectivity index (χ1v) is 12.9. The fraction of sp³-hybridized carbons (Fsp3) is 0.111. The van der Waals surface area contributed by atoms with Crippen LogP contribution in [0.4, 0.5) is 21.0 Å². The molecule has 0 saturated carbocycles. The van der Waals surface area contributed by atoms with Crippen molar-refractivity contribution in [3.8, 4) is 20.9 Å². The van der Waals surface area contributed by atoms with Crippen molar-refractivity contribution in [2.45, 2.75) is 6.92 Å². The number of thiophene rings is 2. The lowest BCUT2D eigenvalue weighted by molar-refractivity contribution is 0.0607. The van der Waals surface area contributed by atoms with E-state index in [2.05, 4.69) is 20.7 Å². The summed E-state index contributed by atoms with van der Waals surface area (Å²) in [6.07, 6.45) is 0. The highest BCUT2D eigenvalue weighted by atomic mass is 32.1. The number of carbonyl (C=O) groups is 4. The van der Waals surface area contributed by atoms with E-state index in [9.17, 15) is 19.2 Å². The number of urea groups is 2. The van der Waals surface area contributed by atoms with Crippen LogP contribution in [0, 0.1) is 0 Å². The summed E-state index contributed by atoms with van der Waals surface area (Å²) in [5, 5.41) is 7.57. The number of rotatable bonds is 6. The Labute approximate surface area is 227 Å². The number of methoxy groups -OCH3 is 1. The number of amides is 4. The molecule has 4 rings (SSSR count). The summed E-state index contributed by atoms with van der Waals surface area (Å²) in [4.78, 5) is 48.3. The minimum absolute atomic E-state index is 0.0569. The van der Waals surface area contributed by atoms with E-state index in [-0.39, 0.29) is 11.8 Å². The average Bonchev–Trinajstić information content (AvgIpc) is 3.54. The van der Waals surface area contributed by atoms with Gasteiger partial charge in [0.1, 0.15) is 4.88 Å². The maximum atomic E-state index is 11.7. The van der Waals surface area contributed by atoms with E-state index in [1.807, 2.05) is 66.7 Å². The van der Waals surface area contributed by atoms with Gasteiger partial charge in [0.15, 0.2) is 5.78 Å². The molecular weight excluding hydrogens is 524 g/mol. The molecule has 0 unspecified atom stereocenters. The number of nitrogens with one attached hydrogen (secondary N) is 3. The van der Waals surface area contributed by atoms with Gasteiger partial charge in [0.05, 0.1) is 23.4 Å². The first-order valence-electron chi connectivity index (χ1n) is 11.3. The topological polar surface area (TPSA) is 140 Å². The Kier molecular flexibility index (Phi) is 9.74. The maximum Gasteiger partial charge on any atom is 0.350 e. The number of esters is 1. The number of ketones is 1. The molecule has 2 aromatic heterocycles. The molecule has 0 saturated heterocycles. The molecule has 0 aliphatic heterocycles. The lowest BCUT2D eigenvalue weighted by Gasteiger charge is -2.02. The summed E-state index contributed by atoms with van der Waals surface area (Å²) in [5.74, 6) is -0.561. The highest BCUT2D eigenvalue weighted by Gasteiger charge is 2.19. The second-order valence-electron chi connectivity index (χ2n) is 7.68. The normalized spacial score (nSPS) is 9.97. The molecule has 38 heavy (non-hydrogen) atoms. The van der Waals surface area contributed by atoms with Gasteiger partial charge in [-0.05, 0) is 23.3 Å². The third kappa shape index (κ3) is 7.28. The van der Waals surface area contributed by atoms with E-state index in [0.717, 1.165) is 20.9 Å². The number of nitrogens with two attached hydrogens (primary N) is 1. The number of primary amides is 1. The minimum atomic E-state index is -0.720. The Morgan fingerprint density at radius 1 is 0.763 bits per heavy atom. The molecule has 0 bridgehead atoms. The zero-order chi connectivity index (χ0) is 27.7. The number of hydrogen-bond donors (Lipinski definition) is 4. The van der Waals surface area contributed by atoms with Crippen LogP contribution in [0.3, 0.4) is 0 Å². The zero-order valence-corrected chi connectivity index (χ0v) is 22.5. The molecule has 2 aromatic carbocycles. The number of benzene rings is 2. The van der Waals surface area contributed by atoms with Crippen LogP contribution < -0.4 is 21.7 Å². The number of anilines is 2. The van der Waals surface area contributed by atoms with Gasteiger partial charge in [0.2, 0.25) is 0 Å². The van der Waals surface area contributed by atoms with Gasteiger partial charge in [-0.3, -0.25) is 4.79 Å². The Hall–Kier alpha value is -4.48. The van der Waals surface area contributed by atoms with Crippen LogP contribution in [0.1, 0.15) is 26.3 Å². The SMILES string of the molecule is CNC(=O)Nc1cc(-c2ccccc2)sc1C(C)=O.COC(=O)c1sc(-c2ccccc2)cc1NC(N)=O. The smallest absolute Gasteiger partial charge is 0.350 e. The van der Waals surface area contributed by atoms with Crippen molar-refractivity contribution in [1.82, 2.24) is 5.32 Å². The maximum absolute atomic E-state index is 11.7. The summed E-state index contributed by atoms with van der Waals surface area (Å²) < 4.78 is 4.69. The molecule has 11 heteroatoms. The Balaban J connectivity index is 0.000000211. The van der Waals surface area contributed by atoms with Crippen LogP contribution in [-0.2, 0) is 4.74 Å². The molecule has 0 spiro atoms. The molecular formula is C27H26N4O5S2. The molecule has 9 nitrogen and oxygen atoms in total. The first-order chi connectivity index (χ1) is 18.2. The van der Waals surface area contributed by atoms with Crippen LogP contribution in [-0.4, -0.2) is 38.0 Å². The van der Waals surface area contributed by atoms with Gasteiger partial charge in [-0.15, -0.1) is 22.7 Å². The minimum Gasteiger partial charge on any atom is -0.465 e. The van der Waals surface area contributed by atoms with Crippen molar-refractivity contribution in [3.05, 3.63) is 82.6 Å². The lowest BCUT2D eigenvalue weighted by Crippen LogP contribution is -2.24. The molecule has 196 valence electrons. The number of carbonyl (C=O) groups excluding carboxylic acids is 4. The summed E-state index contributed by atoms with van der Waals surface area (Å²) in [5.41, 5.74) is 7.98. The Bertz CT molecular complexity index is 1430. The lowest BCUT2D eigenvalue weighted by atomic mass is 10.2. The van der Waals surface area contributed by atoms with Crippen molar-refractivity contribution in [3.63, 3.8) is 0 Å². The van der Waals surface area contributed by atoms with E-state index < -0.39 is 12.0 Å². The van der Waals surface area contributed by atoms with Gasteiger partial charge >= 0.3 is 18.0 Å². The third-order valence-electron chi connectivity index (χ3n) is 5.00. The van der Waals surface area contributed by atoms with E-state index in [1.54, 1.807) is 6.07 Å². The molecule has 0 radical (unpaired) electrons. The fourth-order valence-electron chi connectivity index (χ4n) is 3.28. The molecule has 2 heterocycles. The van der Waals surface area contributed by atoms with Crippen LogP contribution in [0.2, 0.25) is 0 Å². The predicted octanol–water partition coefficient (Wildman–Crippen LogP) is 6.06. The highest BCUT2D eigenvalue weighted by Crippen LogP contribution is 2.36. The average molecular weight is 551 g/mol. The van der Waals surface area contributed by atoms with Gasteiger partial charge in [-0.2, -0.15) is 0 Å². The van der Waals surface area contributed by atoms with Gasteiger partial charge in [0.25, 0.3) is 0 Å². The monoisotopic (exact) mass is 550 g/mol. The second-order valence-corrected chi connectivity index (χ2v) is 9.78. The van der Waals surface area contributed by atoms with Crippen molar-refractivity contribution in [2.75, 3.05) is 24.8 Å². The molecule has 0 aliphatic rings. The van der Waals surface area contributed by atoms with Crippen LogP contribution >= 0.6 is 22.7 Å². The molecule has 0 aliphatic carbocycles. The molecule has 5 N–H and O–H groups in total. The van der Waals surface area contributed by atoms with Crippen LogP contribution in [0.15, 0.2) is 72.8 Å². The molecule has 0 fully saturated rings. The second kappa shape index (κ2) is 13.2. The van der Waals surface area contributed by atoms with Gasteiger partial charge in [-0.1, -0.05) is 60.7 Å². The third-order valence-corrected chi connectivity index (χ3v) is 7.45. The summed E-state index contributed by atoms with van der Waals surface area (Å²) in [7, 11) is 2.82. The number of hydrogen-bond acceptors (Lipinski definition) is 7. The summed E-state index contributed by atoms with van der Waals surface area (Å²) in [6.45, 7) is 1.50. The van der Waals surface area contributed by atoms with Crippen molar-refractivity contribution in [1.29, 1.82) is 0 Å². The van der Waals surface area contributed by atoms with Gasteiger partial charge in [-0.25, -0.2) is 14.4 Å². The van der Waals surface area contributed by atoms with E-state index in [4.69, 9.17) is 5.73 Å². The number of ether oxygens (including phenoxy) is 1. The van der Waals surface area contributed by atoms with Crippen molar-refractivity contribution < 1.29 is 23.9 Å². The van der Waals surface area contributed by atoms with Gasteiger partial charge in [0, 0.05) is 23.7 Å². The van der Waals surface area contributed by atoms with Crippen molar-refractivity contribution >= 4 is 57.9 Å². The standard InChI is InChI=1S/C14H14N2O2S.C13H12N2O3S/c1-9(17)13-11(16-14(18)15-2)8-12(19-13)10-6-4-3-5-7-10;1-18-12(16)11-9(15-13(14)17)7-10(19-11)8-5-3-2-4-6-8/h3-8H,1-2H3,(H2,15,16,18);2-7H,1H3,(H3,14,15,17). The Morgan fingerprint density at radius 3 is 1.66 bits per heavy atom.